The molecular formula is C19H18N4O5. The van der Waals surface area contributed by atoms with E-state index in [1.54, 1.807) is 18.2 Å². The predicted molar refractivity (Wildman–Crippen MR) is 102 cm³/mol. The average molecular weight is 382 g/mol. The Balaban J connectivity index is 1.44. The standard InChI is InChI=1S/C19H18N4O5/c24-8-10-26-9-7-20-17(25)12-5-6-16-14(11-12)22-19(28-16)23-18-21-13-3-1-2-4-15(13)27-18/h1-6,11,24H,7-10H2,(H,20,25)(H,21,22,23). The van der Waals surface area contributed by atoms with E-state index in [2.05, 4.69) is 20.6 Å². The monoisotopic (exact) mass is 382 g/mol. The van der Waals surface area contributed by atoms with Gasteiger partial charge >= 0.3 is 12.0 Å². The van der Waals surface area contributed by atoms with Gasteiger partial charge in [0, 0.05) is 12.1 Å². The zero-order valence-corrected chi connectivity index (χ0v) is 14.8. The number of hydrogen-bond acceptors (Lipinski definition) is 8. The van der Waals surface area contributed by atoms with E-state index < -0.39 is 0 Å². The molecule has 3 N–H and O–H groups in total. The molecule has 0 bridgehead atoms. The molecule has 28 heavy (non-hydrogen) atoms. The first kappa shape index (κ1) is 18.0. The second-order valence-corrected chi connectivity index (χ2v) is 5.91. The van der Waals surface area contributed by atoms with Gasteiger partial charge in [0.1, 0.15) is 11.0 Å². The number of aromatic nitrogens is 2. The summed E-state index contributed by atoms with van der Waals surface area (Å²) in [5.41, 5.74) is 2.90. The smallest absolute Gasteiger partial charge is 0.303 e. The van der Waals surface area contributed by atoms with Crippen molar-refractivity contribution < 1.29 is 23.5 Å². The maximum atomic E-state index is 12.2. The first-order valence-corrected chi connectivity index (χ1v) is 8.73. The molecule has 2 heterocycles. The number of amides is 1. The third-order valence-corrected chi connectivity index (χ3v) is 3.93. The van der Waals surface area contributed by atoms with Gasteiger partial charge in [-0.1, -0.05) is 12.1 Å². The first-order chi connectivity index (χ1) is 13.7. The van der Waals surface area contributed by atoms with Gasteiger partial charge in [0.2, 0.25) is 0 Å². The van der Waals surface area contributed by atoms with Crippen LogP contribution in [0, 0.1) is 0 Å². The number of para-hydroxylation sites is 2. The van der Waals surface area contributed by atoms with Gasteiger partial charge in [-0.15, -0.1) is 0 Å². The number of fused-ring (bicyclic) bond motifs is 2. The third-order valence-electron chi connectivity index (χ3n) is 3.93. The molecule has 4 rings (SSSR count). The van der Waals surface area contributed by atoms with Gasteiger partial charge < -0.3 is 24.0 Å². The van der Waals surface area contributed by atoms with Crippen LogP contribution in [0.5, 0.6) is 0 Å². The van der Waals surface area contributed by atoms with Gasteiger partial charge in [-0.05, 0) is 30.3 Å². The van der Waals surface area contributed by atoms with Crippen LogP contribution in [0.25, 0.3) is 22.2 Å². The highest BCUT2D eigenvalue weighted by atomic mass is 16.5. The zero-order chi connectivity index (χ0) is 19.3. The van der Waals surface area contributed by atoms with Gasteiger partial charge in [0.05, 0.1) is 19.8 Å². The van der Waals surface area contributed by atoms with E-state index in [0.717, 1.165) is 5.52 Å². The van der Waals surface area contributed by atoms with Crippen LogP contribution < -0.4 is 10.6 Å². The molecule has 0 saturated heterocycles. The Kier molecular flexibility index (Phi) is 5.18. The van der Waals surface area contributed by atoms with Gasteiger partial charge in [0.15, 0.2) is 11.2 Å². The maximum Gasteiger partial charge on any atom is 0.303 e. The molecule has 0 saturated carbocycles. The molecule has 0 aliphatic rings. The van der Waals surface area contributed by atoms with Crippen molar-refractivity contribution in [3.05, 3.63) is 48.0 Å². The second kappa shape index (κ2) is 8.07. The fourth-order valence-electron chi connectivity index (χ4n) is 2.64. The Labute approximate surface area is 159 Å². The summed E-state index contributed by atoms with van der Waals surface area (Å²) in [6.07, 6.45) is 0. The molecule has 2 aromatic carbocycles. The molecule has 9 nitrogen and oxygen atoms in total. The van der Waals surface area contributed by atoms with E-state index in [0.29, 0.717) is 35.4 Å². The molecule has 2 aromatic heterocycles. The van der Waals surface area contributed by atoms with Crippen molar-refractivity contribution in [2.24, 2.45) is 0 Å². The predicted octanol–water partition coefficient (Wildman–Crippen LogP) is 2.45. The molecule has 0 radical (unpaired) electrons. The zero-order valence-electron chi connectivity index (χ0n) is 14.8. The van der Waals surface area contributed by atoms with Gasteiger partial charge in [-0.2, -0.15) is 9.97 Å². The number of rotatable bonds is 8. The Morgan fingerprint density at radius 1 is 1.00 bits per heavy atom. The molecule has 0 aliphatic heterocycles. The van der Waals surface area contributed by atoms with Crippen LogP contribution in [-0.2, 0) is 4.74 Å². The maximum absolute atomic E-state index is 12.2. The Morgan fingerprint density at radius 2 is 1.75 bits per heavy atom. The van der Waals surface area contributed by atoms with E-state index in [4.69, 9.17) is 18.7 Å². The normalized spacial score (nSPS) is 11.2. The SMILES string of the molecule is O=C(NCCOCCO)c1ccc2oc(Nc3nc4ccccc4o3)nc2c1. The average Bonchev–Trinajstić information content (AvgIpc) is 3.29. The summed E-state index contributed by atoms with van der Waals surface area (Å²) in [6, 6.07) is 12.9. The molecule has 0 aliphatic carbocycles. The molecule has 1 amide bonds. The lowest BCUT2D eigenvalue weighted by molar-refractivity contribution is 0.0838. The van der Waals surface area contributed by atoms with Crippen molar-refractivity contribution in [2.75, 3.05) is 31.7 Å². The number of benzene rings is 2. The van der Waals surface area contributed by atoms with Gasteiger partial charge in [0.25, 0.3) is 5.91 Å². The van der Waals surface area contributed by atoms with Crippen molar-refractivity contribution in [3.63, 3.8) is 0 Å². The third kappa shape index (κ3) is 3.95. The second-order valence-electron chi connectivity index (χ2n) is 5.91. The van der Waals surface area contributed by atoms with Gasteiger partial charge in [-0.3, -0.25) is 10.1 Å². The summed E-state index contributed by atoms with van der Waals surface area (Å²) in [5, 5.41) is 14.3. The number of nitrogens with zero attached hydrogens (tertiary/aromatic N) is 2. The fraction of sp³-hybridized carbons (Fsp3) is 0.211. The largest absolute Gasteiger partial charge is 0.423 e. The number of nitrogens with one attached hydrogen (secondary N) is 2. The van der Waals surface area contributed by atoms with Crippen LogP contribution >= 0.6 is 0 Å². The van der Waals surface area contributed by atoms with Crippen molar-refractivity contribution in [2.45, 2.75) is 0 Å². The van der Waals surface area contributed by atoms with Crippen LogP contribution in [0.3, 0.4) is 0 Å². The van der Waals surface area contributed by atoms with E-state index in [9.17, 15) is 4.79 Å². The number of anilines is 2. The topological polar surface area (TPSA) is 123 Å². The van der Waals surface area contributed by atoms with Crippen LogP contribution in [0.2, 0.25) is 0 Å². The number of aliphatic hydroxyl groups excluding tert-OH is 1. The number of ether oxygens (including phenoxy) is 1. The lowest BCUT2D eigenvalue weighted by Crippen LogP contribution is -2.27. The quantitative estimate of drug-likeness (QED) is 0.397. The van der Waals surface area contributed by atoms with Crippen molar-refractivity contribution in [1.82, 2.24) is 15.3 Å². The van der Waals surface area contributed by atoms with Crippen molar-refractivity contribution in [3.8, 4) is 0 Å². The molecule has 144 valence electrons. The highest BCUT2D eigenvalue weighted by molar-refractivity contribution is 5.97. The Hall–Kier alpha value is -3.43. The van der Waals surface area contributed by atoms with Crippen LogP contribution in [0.1, 0.15) is 10.4 Å². The minimum absolute atomic E-state index is 0.0449. The van der Waals surface area contributed by atoms with E-state index in [1.165, 1.54) is 0 Å². The minimum atomic E-state index is -0.244. The summed E-state index contributed by atoms with van der Waals surface area (Å²) < 4.78 is 16.3. The molecule has 0 unspecified atom stereocenters. The highest BCUT2D eigenvalue weighted by Gasteiger charge is 2.13. The highest BCUT2D eigenvalue weighted by Crippen LogP contribution is 2.25. The molecule has 4 aromatic rings. The van der Waals surface area contributed by atoms with Crippen molar-refractivity contribution >= 4 is 40.1 Å². The summed E-state index contributed by atoms with van der Waals surface area (Å²) in [7, 11) is 0. The number of oxazole rings is 2. The van der Waals surface area contributed by atoms with Crippen LogP contribution in [0.4, 0.5) is 12.0 Å². The van der Waals surface area contributed by atoms with E-state index in [1.807, 2.05) is 24.3 Å². The molecular weight excluding hydrogens is 364 g/mol. The van der Waals surface area contributed by atoms with E-state index in [-0.39, 0.29) is 31.2 Å². The lowest BCUT2D eigenvalue weighted by atomic mass is 10.2. The molecule has 9 heteroatoms. The van der Waals surface area contributed by atoms with Gasteiger partial charge in [-0.25, -0.2) is 0 Å². The number of carbonyl (C=O) groups is 1. The summed E-state index contributed by atoms with van der Waals surface area (Å²) >= 11 is 0. The first-order valence-electron chi connectivity index (χ1n) is 8.73. The summed E-state index contributed by atoms with van der Waals surface area (Å²) in [5.74, 6) is -0.244. The van der Waals surface area contributed by atoms with E-state index >= 15 is 0 Å². The Morgan fingerprint density at radius 3 is 2.54 bits per heavy atom. The lowest BCUT2D eigenvalue weighted by Gasteiger charge is -2.05. The fourth-order valence-corrected chi connectivity index (χ4v) is 2.64. The molecule has 0 fully saturated rings. The number of carbonyl (C=O) groups excluding carboxylic acids is 1. The minimum Gasteiger partial charge on any atom is -0.423 e. The van der Waals surface area contributed by atoms with Crippen LogP contribution in [-0.4, -0.2) is 47.3 Å². The van der Waals surface area contributed by atoms with Crippen molar-refractivity contribution in [1.29, 1.82) is 0 Å². The summed E-state index contributed by atoms with van der Waals surface area (Å²) in [4.78, 5) is 20.8. The summed E-state index contributed by atoms with van der Waals surface area (Å²) in [6.45, 7) is 0.880. The molecule has 0 spiro atoms. The molecule has 0 atom stereocenters. The van der Waals surface area contributed by atoms with Crippen LogP contribution in [0.15, 0.2) is 51.3 Å². The number of hydrogen-bond donors (Lipinski definition) is 3. The Bertz CT molecular complexity index is 1070. The number of aliphatic hydroxyl groups is 1.